The number of methoxy groups -OCH3 is 1. The van der Waals surface area contributed by atoms with Crippen LogP contribution >= 0.6 is 0 Å². The normalized spacial score (nSPS) is 10.7. The van der Waals surface area contributed by atoms with Crippen molar-refractivity contribution in [3.8, 4) is 5.75 Å². The molecule has 7 heteroatoms. The molecule has 152 valence electrons. The number of rotatable bonds is 7. The number of amides is 2. The molecule has 2 amide bonds. The first-order chi connectivity index (χ1) is 14.6. The fraction of sp³-hybridized carbons (Fsp3) is 0.130. The Morgan fingerprint density at radius 1 is 1.10 bits per heavy atom. The summed E-state index contributed by atoms with van der Waals surface area (Å²) in [4.78, 5) is 28.4. The van der Waals surface area contributed by atoms with Gasteiger partial charge in [-0.25, -0.2) is 0 Å². The minimum Gasteiger partial charge on any atom is -0.497 e. The molecule has 0 atom stereocenters. The summed E-state index contributed by atoms with van der Waals surface area (Å²) in [6.45, 7) is 0.269. The molecule has 0 aliphatic carbocycles. The van der Waals surface area contributed by atoms with E-state index in [9.17, 15) is 9.59 Å². The van der Waals surface area contributed by atoms with Crippen LogP contribution < -0.4 is 15.4 Å². The van der Waals surface area contributed by atoms with Crippen molar-refractivity contribution < 1.29 is 18.7 Å². The van der Waals surface area contributed by atoms with E-state index in [2.05, 4.69) is 15.6 Å². The molecule has 0 saturated carbocycles. The molecule has 7 nitrogen and oxygen atoms in total. The number of nitrogens with one attached hydrogen (secondary N) is 3. The molecule has 4 aromatic rings. The molecular formula is C23H21N3O4. The van der Waals surface area contributed by atoms with E-state index in [-0.39, 0.29) is 24.8 Å². The molecule has 0 spiro atoms. The van der Waals surface area contributed by atoms with Crippen LogP contribution in [0.25, 0.3) is 10.9 Å². The molecule has 30 heavy (non-hydrogen) atoms. The van der Waals surface area contributed by atoms with Gasteiger partial charge >= 0.3 is 0 Å². The van der Waals surface area contributed by atoms with Gasteiger partial charge in [-0.3, -0.25) is 9.59 Å². The second-order valence-electron chi connectivity index (χ2n) is 6.76. The number of ether oxygens (including phenoxy) is 1. The number of carbonyl (C=O) groups is 2. The van der Waals surface area contributed by atoms with Crippen molar-refractivity contribution in [1.82, 2.24) is 10.3 Å². The fourth-order valence-electron chi connectivity index (χ4n) is 3.26. The number of furan rings is 1. The lowest BCUT2D eigenvalue weighted by Crippen LogP contribution is -2.25. The third-order valence-corrected chi connectivity index (χ3v) is 4.77. The second kappa shape index (κ2) is 8.57. The Morgan fingerprint density at radius 2 is 1.97 bits per heavy atom. The van der Waals surface area contributed by atoms with Crippen molar-refractivity contribution in [3.63, 3.8) is 0 Å². The van der Waals surface area contributed by atoms with Gasteiger partial charge in [-0.15, -0.1) is 0 Å². The van der Waals surface area contributed by atoms with E-state index in [0.29, 0.717) is 17.0 Å². The molecule has 0 aliphatic rings. The first-order valence-electron chi connectivity index (χ1n) is 9.47. The summed E-state index contributed by atoms with van der Waals surface area (Å²) in [5.41, 5.74) is 2.62. The van der Waals surface area contributed by atoms with Gasteiger partial charge in [0.1, 0.15) is 11.5 Å². The van der Waals surface area contributed by atoms with E-state index in [4.69, 9.17) is 9.15 Å². The van der Waals surface area contributed by atoms with Crippen molar-refractivity contribution in [1.29, 1.82) is 0 Å². The zero-order valence-electron chi connectivity index (χ0n) is 16.4. The zero-order chi connectivity index (χ0) is 20.9. The third kappa shape index (κ3) is 4.20. The van der Waals surface area contributed by atoms with Crippen LogP contribution in [0.2, 0.25) is 0 Å². The summed E-state index contributed by atoms with van der Waals surface area (Å²) in [7, 11) is 1.61. The number of hydrogen-bond donors (Lipinski definition) is 3. The lowest BCUT2D eigenvalue weighted by Gasteiger charge is -2.11. The van der Waals surface area contributed by atoms with E-state index < -0.39 is 0 Å². The van der Waals surface area contributed by atoms with E-state index in [1.807, 2.05) is 24.4 Å². The lowest BCUT2D eigenvalue weighted by molar-refractivity contribution is -0.115. The van der Waals surface area contributed by atoms with Crippen LogP contribution in [0.4, 0.5) is 5.69 Å². The van der Waals surface area contributed by atoms with E-state index in [1.165, 1.54) is 0 Å². The Balaban J connectivity index is 1.47. The second-order valence-corrected chi connectivity index (χ2v) is 6.76. The van der Waals surface area contributed by atoms with Crippen LogP contribution in [0.3, 0.4) is 0 Å². The van der Waals surface area contributed by atoms with Gasteiger partial charge in [-0.2, -0.15) is 0 Å². The lowest BCUT2D eigenvalue weighted by atomic mass is 10.1. The molecule has 2 aromatic carbocycles. The quantitative estimate of drug-likeness (QED) is 0.436. The number of H-pyrrole nitrogens is 1. The van der Waals surface area contributed by atoms with Gasteiger partial charge in [0, 0.05) is 17.1 Å². The van der Waals surface area contributed by atoms with Gasteiger partial charge in [0.15, 0.2) is 0 Å². The number of hydrogen-bond acceptors (Lipinski definition) is 4. The zero-order valence-corrected chi connectivity index (χ0v) is 16.4. The van der Waals surface area contributed by atoms with Gasteiger partial charge in [-0.05, 0) is 48.0 Å². The maximum absolute atomic E-state index is 12.7. The largest absolute Gasteiger partial charge is 0.497 e. The van der Waals surface area contributed by atoms with Crippen molar-refractivity contribution in [2.75, 3.05) is 12.4 Å². The number of aromatic amines is 1. The number of para-hydroxylation sites is 1. The molecule has 2 aromatic heterocycles. The van der Waals surface area contributed by atoms with E-state index in [1.54, 1.807) is 49.8 Å². The smallest absolute Gasteiger partial charge is 0.253 e. The maximum atomic E-state index is 12.7. The summed E-state index contributed by atoms with van der Waals surface area (Å²) in [5.74, 6) is 0.867. The highest BCUT2D eigenvalue weighted by atomic mass is 16.5. The van der Waals surface area contributed by atoms with Crippen LogP contribution in [0, 0.1) is 0 Å². The summed E-state index contributed by atoms with van der Waals surface area (Å²) in [6.07, 6.45) is 3.52. The third-order valence-electron chi connectivity index (χ3n) is 4.77. The summed E-state index contributed by atoms with van der Waals surface area (Å²) in [5, 5.41) is 6.57. The van der Waals surface area contributed by atoms with Gasteiger partial charge in [0.05, 0.1) is 37.6 Å². The standard InChI is InChI=1S/C23H21N3O4/c1-29-16-8-9-20-19(12-16)15(13-24-20)11-22(27)26-21-7-3-2-6-18(21)23(28)25-14-17-5-4-10-30-17/h2-10,12-13,24H,11,14H2,1H3,(H,25,28)(H,26,27). The molecule has 0 radical (unpaired) electrons. The highest BCUT2D eigenvalue weighted by molar-refractivity contribution is 6.04. The Morgan fingerprint density at radius 3 is 2.77 bits per heavy atom. The van der Waals surface area contributed by atoms with Crippen molar-refractivity contribution >= 4 is 28.4 Å². The predicted octanol–water partition coefficient (Wildman–Crippen LogP) is 3.88. The van der Waals surface area contributed by atoms with Gasteiger partial charge in [0.25, 0.3) is 5.91 Å². The Hall–Kier alpha value is -4.00. The molecule has 0 aliphatic heterocycles. The Kier molecular flexibility index (Phi) is 5.52. The number of fused-ring (bicyclic) bond motifs is 1. The summed E-state index contributed by atoms with van der Waals surface area (Å²) in [6, 6.07) is 16.1. The molecule has 2 heterocycles. The van der Waals surface area contributed by atoms with E-state index in [0.717, 1.165) is 22.2 Å². The average Bonchev–Trinajstić information content (AvgIpc) is 3.42. The average molecular weight is 403 g/mol. The molecule has 0 unspecified atom stereocenters. The SMILES string of the molecule is COc1ccc2[nH]cc(CC(=O)Nc3ccccc3C(=O)NCc3ccco3)c2c1. The van der Waals surface area contributed by atoms with Crippen LogP contribution in [-0.2, 0) is 17.8 Å². The van der Waals surface area contributed by atoms with Crippen molar-refractivity contribution in [2.45, 2.75) is 13.0 Å². The molecule has 0 bridgehead atoms. The molecular weight excluding hydrogens is 382 g/mol. The summed E-state index contributed by atoms with van der Waals surface area (Å²) >= 11 is 0. The number of aromatic nitrogens is 1. The van der Waals surface area contributed by atoms with Gasteiger partial charge in [-0.1, -0.05) is 12.1 Å². The van der Waals surface area contributed by atoms with E-state index >= 15 is 0 Å². The highest BCUT2D eigenvalue weighted by Crippen LogP contribution is 2.24. The number of carbonyl (C=O) groups excluding carboxylic acids is 2. The van der Waals surface area contributed by atoms with Crippen LogP contribution in [0.5, 0.6) is 5.75 Å². The van der Waals surface area contributed by atoms with Crippen molar-refractivity contribution in [2.24, 2.45) is 0 Å². The summed E-state index contributed by atoms with van der Waals surface area (Å²) < 4.78 is 10.5. The first-order valence-corrected chi connectivity index (χ1v) is 9.47. The van der Waals surface area contributed by atoms with Crippen LogP contribution in [-0.4, -0.2) is 23.9 Å². The minimum absolute atomic E-state index is 0.162. The Labute approximate surface area is 173 Å². The monoisotopic (exact) mass is 403 g/mol. The topological polar surface area (TPSA) is 96.4 Å². The van der Waals surface area contributed by atoms with Crippen molar-refractivity contribution in [3.05, 3.63) is 83.9 Å². The molecule has 0 fully saturated rings. The fourth-order valence-corrected chi connectivity index (χ4v) is 3.26. The van der Waals surface area contributed by atoms with Gasteiger partial charge in [0.2, 0.25) is 5.91 Å². The number of anilines is 1. The maximum Gasteiger partial charge on any atom is 0.253 e. The van der Waals surface area contributed by atoms with Crippen LogP contribution in [0.1, 0.15) is 21.7 Å². The van der Waals surface area contributed by atoms with Crippen LogP contribution in [0.15, 0.2) is 71.5 Å². The molecule has 4 rings (SSSR count). The van der Waals surface area contributed by atoms with Gasteiger partial charge < -0.3 is 24.8 Å². The minimum atomic E-state index is -0.292. The highest BCUT2D eigenvalue weighted by Gasteiger charge is 2.15. The molecule has 0 saturated heterocycles. The predicted molar refractivity (Wildman–Crippen MR) is 114 cm³/mol. The number of benzene rings is 2. The Bertz CT molecular complexity index is 1180. The first kappa shape index (κ1) is 19.3. The molecule has 3 N–H and O–H groups in total.